The summed E-state index contributed by atoms with van der Waals surface area (Å²) in [5, 5.41) is 11.9. The molecule has 0 aromatic carbocycles. The number of aliphatic hydroxyl groups excluding tert-OH is 1. The van der Waals surface area contributed by atoms with Crippen LogP contribution in [0.2, 0.25) is 0 Å². The lowest BCUT2D eigenvalue weighted by Crippen LogP contribution is -1.97. The Kier molecular flexibility index (Phi) is 3.55. The number of unbranched alkanes of at least 4 members (excludes halogenated alkanes) is 1. The minimum atomic E-state index is -0.452. The number of aliphatic hydroxyl groups is 1. The summed E-state index contributed by atoms with van der Waals surface area (Å²) >= 11 is 1.64. The van der Waals surface area contributed by atoms with Gasteiger partial charge < -0.3 is 5.11 Å². The van der Waals surface area contributed by atoms with Gasteiger partial charge in [0.2, 0.25) is 0 Å². The molecule has 0 aliphatic heterocycles. The molecule has 2 heterocycles. The number of hydrogen-bond acceptors (Lipinski definition) is 3. The highest BCUT2D eigenvalue weighted by atomic mass is 32.1. The van der Waals surface area contributed by atoms with Gasteiger partial charge in [-0.15, -0.1) is 23.7 Å². The first kappa shape index (κ1) is 11.1. The zero-order valence-electron chi connectivity index (χ0n) is 8.89. The topological polar surface area (TPSA) is 33.1 Å². The average Bonchev–Trinajstić information content (AvgIpc) is 2.76. The molecule has 0 spiro atoms. The van der Waals surface area contributed by atoms with Gasteiger partial charge in [-0.1, -0.05) is 0 Å². The van der Waals surface area contributed by atoms with E-state index in [1.54, 1.807) is 17.5 Å². The number of aromatic nitrogens is 1. The number of nitrogens with zero attached hydrogens (tertiary/aromatic N) is 1. The third kappa shape index (κ3) is 2.41. The van der Waals surface area contributed by atoms with E-state index in [0.29, 0.717) is 12.8 Å². The molecule has 0 radical (unpaired) electrons. The van der Waals surface area contributed by atoms with E-state index < -0.39 is 6.10 Å². The van der Waals surface area contributed by atoms with Gasteiger partial charge in [-0.25, -0.2) is 0 Å². The lowest BCUT2D eigenvalue weighted by atomic mass is 10.1. The fourth-order valence-electron chi connectivity index (χ4n) is 1.61. The molecule has 0 amide bonds. The van der Waals surface area contributed by atoms with Gasteiger partial charge in [-0.05, 0) is 30.4 Å². The summed E-state index contributed by atoms with van der Waals surface area (Å²) in [6.45, 7) is 0. The second-order valence-corrected chi connectivity index (χ2v) is 4.63. The molecule has 0 saturated carbocycles. The van der Waals surface area contributed by atoms with E-state index in [9.17, 15) is 5.11 Å². The van der Waals surface area contributed by atoms with E-state index in [2.05, 4.69) is 10.9 Å². The third-order valence-electron chi connectivity index (χ3n) is 2.51. The number of thiophene rings is 1. The van der Waals surface area contributed by atoms with E-state index >= 15 is 0 Å². The standard InChI is InChI=1S/C13H13NOS/c1-2-3-4-5-12(15)10-8-13-11(14-9-10)6-7-16-13/h1,6-9,12,15H,3-5H2. The predicted molar refractivity (Wildman–Crippen MR) is 67.3 cm³/mol. The van der Waals surface area contributed by atoms with Crippen molar-refractivity contribution in [1.29, 1.82) is 0 Å². The fraction of sp³-hybridized carbons (Fsp3) is 0.308. The summed E-state index contributed by atoms with van der Waals surface area (Å²) in [4.78, 5) is 4.30. The van der Waals surface area contributed by atoms with Crippen LogP contribution in [0.15, 0.2) is 23.7 Å². The average molecular weight is 231 g/mol. The van der Waals surface area contributed by atoms with E-state index in [-0.39, 0.29) is 0 Å². The maximum Gasteiger partial charge on any atom is 0.0809 e. The van der Waals surface area contributed by atoms with Crippen molar-refractivity contribution in [2.45, 2.75) is 25.4 Å². The molecule has 82 valence electrons. The first-order valence-corrected chi connectivity index (χ1v) is 6.14. The van der Waals surface area contributed by atoms with Gasteiger partial charge in [0, 0.05) is 18.2 Å². The van der Waals surface area contributed by atoms with Crippen molar-refractivity contribution in [2.24, 2.45) is 0 Å². The number of terminal acetylenes is 1. The largest absolute Gasteiger partial charge is 0.388 e. The Morgan fingerprint density at radius 2 is 2.44 bits per heavy atom. The monoisotopic (exact) mass is 231 g/mol. The zero-order chi connectivity index (χ0) is 11.4. The summed E-state index contributed by atoms with van der Waals surface area (Å²) in [5.41, 5.74) is 1.87. The van der Waals surface area contributed by atoms with Crippen molar-refractivity contribution in [3.63, 3.8) is 0 Å². The second-order valence-electron chi connectivity index (χ2n) is 3.68. The maximum absolute atomic E-state index is 9.94. The zero-order valence-corrected chi connectivity index (χ0v) is 9.70. The normalized spacial score (nSPS) is 12.5. The van der Waals surface area contributed by atoms with Crippen LogP contribution in [-0.4, -0.2) is 10.1 Å². The van der Waals surface area contributed by atoms with Crippen molar-refractivity contribution in [2.75, 3.05) is 0 Å². The van der Waals surface area contributed by atoms with Gasteiger partial charge in [0.15, 0.2) is 0 Å². The van der Waals surface area contributed by atoms with Gasteiger partial charge in [-0.2, -0.15) is 0 Å². The molecule has 0 aliphatic rings. The molecule has 2 aromatic heterocycles. The lowest BCUT2D eigenvalue weighted by molar-refractivity contribution is 0.165. The molecule has 0 aliphatic carbocycles. The van der Waals surface area contributed by atoms with E-state index in [0.717, 1.165) is 22.2 Å². The Morgan fingerprint density at radius 1 is 1.56 bits per heavy atom. The minimum absolute atomic E-state index is 0.452. The van der Waals surface area contributed by atoms with Gasteiger partial charge in [0.05, 0.1) is 16.3 Å². The number of fused-ring (bicyclic) bond motifs is 1. The van der Waals surface area contributed by atoms with Crippen LogP contribution in [0, 0.1) is 12.3 Å². The van der Waals surface area contributed by atoms with Crippen LogP contribution < -0.4 is 0 Å². The first-order valence-electron chi connectivity index (χ1n) is 5.26. The molecule has 16 heavy (non-hydrogen) atoms. The van der Waals surface area contributed by atoms with Crippen LogP contribution in [-0.2, 0) is 0 Å². The molecule has 1 unspecified atom stereocenters. The minimum Gasteiger partial charge on any atom is -0.388 e. The van der Waals surface area contributed by atoms with E-state index in [4.69, 9.17) is 6.42 Å². The van der Waals surface area contributed by atoms with Gasteiger partial charge in [0.25, 0.3) is 0 Å². The Hall–Kier alpha value is -1.37. The molecule has 0 fully saturated rings. The smallest absolute Gasteiger partial charge is 0.0809 e. The van der Waals surface area contributed by atoms with Gasteiger partial charge in [-0.3, -0.25) is 4.98 Å². The molecule has 1 atom stereocenters. The molecular formula is C13H13NOS. The quantitative estimate of drug-likeness (QED) is 0.647. The van der Waals surface area contributed by atoms with Crippen LogP contribution in [0.3, 0.4) is 0 Å². The fourth-order valence-corrected chi connectivity index (χ4v) is 2.40. The van der Waals surface area contributed by atoms with Crippen molar-refractivity contribution >= 4 is 21.6 Å². The molecule has 1 N–H and O–H groups in total. The number of rotatable bonds is 4. The Bertz CT molecular complexity index is 512. The third-order valence-corrected chi connectivity index (χ3v) is 3.36. The number of hydrogen-bond donors (Lipinski definition) is 1. The summed E-state index contributed by atoms with van der Waals surface area (Å²) < 4.78 is 1.12. The summed E-state index contributed by atoms with van der Waals surface area (Å²) in [6.07, 6.45) is 8.72. The molecule has 0 bridgehead atoms. The Morgan fingerprint density at radius 3 is 3.25 bits per heavy atom. The SMILES string of the molecule is C#CCCCC(O)c1cnc2ccsc2c1. The summed E-state index contributed by atoms with van der Waals surface area (Å²) in [6, 6.07) is 3.99. The maximum atomic E-state index is 9.94. The highest BCUT2D eigenvalue weighted by Crippen LogP contribution is 2.24. The Labute approximate surface area is 99.0 Å². The van der Waals surface area contributed by atoms with Crippen molar-refractivity contribution in [1.82, 2.24) is 4.98 Å². The highest BCUT2D eigenvalue weighted by molar-refractivity contribution is 7.17. The van der Waals surface area contributed by atoms with E-state index in [1.165, 1.54) is 0 Å². The van der Waals surface area contributed by atoms with Crippen LogP contribution in [0.4, 0.5) is 0 Å². The van der Waals surface area contributed by atoms with Crippen molar-refractivity contribution in [3.05, 3.63) is 29.3 Å². The Balaban J connectivity index is 2.10. The molecule has 0 saturated heterocycles. The lowest BCUT2D eigenvalue weighted by Gasteiger charge is -2.09. The second kappa shape index (κ2) is 5.11. The molecule has 2 nitrogen and oxygen atoms in total. The van der Waals surface area contributed by atoms with E-state index in [1.807, 2.05) is 17.5 Å². The summed E-state index contributed by atoms with van der Waals surface area (Å²) in [5.74, 6) is 2.58. The van der Waals surface area contributed by atoms with Crippen LogP contribution in [0.1, 0.15) is 30.9 Å². The first-order chi connectivity index (χ1) is 7.81. The van der Waals surface area contributed by atoms with Crippen LogP contribution in [0.5, 0.6) is 0 Å². The molecule has 3 heteroatoms. The predicted octanol–water partition coefficient (Wildman–Crippen LogP) is 3.13. The van der Waals surface area contributed by atoms with Crippen LogP contribution in [0.25, 0.3) is 10.2 Å². The van der Waals surface area contributed by atoms with Crippen molar-refractivity contribution < 1.29 is 5.11 Å². The van der Waals surface area contributed by atoms with Gasteiger partial charge in [0.1, 0.15) is 0 Å². The van der Waals surface area contributed by atoms with Gasteiger partial charge >= 0.3 is 0 Å². The summed E-state index contributed by atoms with van der Waals surface area (Å²) in [7, 11) is 0. The highest BCUT2D eigenvalue weighted by Gasteiger charge is 2.08. The molecular weight excluding hydrogens is 218 g/mol. The molecule has 2 rings (SSSR count). The van der Waals surface area contributed by atoms with Crippen LogP contribution >= 0.6 is 11.3 Å². The number of pyridine rings is 1. The molecule has 2 aromatic rings. The van der Waals surface area contributed by atoms with Crippen molar-refractivity contribution in [3.8, 4) is 12.3 Å².